The minimum atomic E-state index is -0.425. The maximum absolute atomic E-state index is 14.1. The van der Waals surface area contributed by atoms with Gasteiger partial charge in [-0.25, -0.2) is 18.7 Å². The van der Waals surface area contributed by atoms with E-state index in [1.54, 1.807) is 25.1 Å². The average Bonchev–Trinajstić information content (AvgIpc) is 2.41. The Morgan fingerprint density at radius 1 is 1.05 bits per heavy atom. The smallest absolute Gasteiger partial charge is 0.165 e. The van der Waals surface area contributed by atoms with Gasteiger partial charge in [0.1, 0.15) is 17.5 Å². The second-order valence-electron chi connectivity index (χ2n) is 4.53. The van der Waals surface area contributed by atoms with Gasteiger partial charge in [0.05, 0.1) is 11.1 Å². The maximum atomic E-state index is 14.1. The van der Waals surface area contributed by atoms with Crippen LogP contribution in [0.25, 0.3) is 22.3 Å². The molecule has 0 spiro atoms. The van der Waals surface area contributed by atoms with E-state index >= 15 is 0 Å². The van der Waals surface area contributed by atoms with E-state index in [0.717, 1.165) is 0 Å². The van der Waals surface area contributed by atoms with Crippen LogP contribution < -0.4 is 5.73 Å². The molecule has 0 aliphatic rings. The number of anilines is 1. The Labute approximate surface area is 114 Å². The zero-order chi connectivity index (χ0) is 14.3. The monoisotopic (exact) mass is 271 g/mol. The van der Waals surface area contributed by atoms with Crippen LogP contribution in [0, 0.1) is 18.6 Å². The van der Waals surface area contributed by atoms with E-state index in [4.69, 9.17) is 5.73 Å². The number of aryl methyl sites for hydroxylation is 1. The number of fused-ring (bicyclic) bond motifs is 1. The molecular weight excluding hydrogens is 260 g/mol. The van der Waals surface area contributed by atoms with Crippen molar-refractivity contribution in [3.8, 4) is 11.4 Å². The number of nitrogens with two attached hydrogens (primary N) is 1. The molecule has 2 aromatic carbocycles. The molecule has 1 aromatic heterocycles. The Balaban J connectivity index is 2.29. The Bertz CT molecular complexity index is 816. The number of benzene rings is 2. The van der Waals surface area contributed by atoms with Crippen LogP contribution in [0.4, 0.5) is 14.6 Å². The highest BCUT2D eigenvalue weighted by Crippen LogP contribution is 2.26. The first kappa shape index (κ1) is 12.5. The largest absolute Gasteiger partial charge is 0.383 e. The summed E-state index contributed by atoms with van der Waals surface area (Å²) in [6.45, 7) is 1.66. The summed E-state index contributed by atoms with van der Waals surface area (Å²) in [7, 11) is 0. The molecule has 0 amide bonds. The molecule has 2 N–H and O–H groups in total. The van der Waals surface area contributed by atoms with Crippen molar-refractivity contribution < 1.29 is 8.78 Å². The Kier molecular flexibility index (Phi) is 2.82. The highest BCUT2D eigenvalue weighted by molar-refractivity contribution is 5.89. The summed E-state index contributed by atoms with van der Waals surface area (Å²) in [4.78, 5) is 8.31. The van der Waals surface area contributed by atoms with Gasteiger partial charge in [0.2, 0.25) is 0 Å². The molecule has 3 nitrogen and oxygen atoms in total. The Morgan fingerprint density at radius 3 is 2.65 bits per heavy atom. The topological polar surface area (TPSA) is 51.8 Å². The minimum Gasteiger partial charge on any atom is -0.383 e. The Hall–Kier alpha value is -2.56. The van der Waals surface area contributed by atoms with Crippen LogP contribution in [0.15, 0.2) is 36.4 Å². The number of hydrogen-bond acceptors (Lipinski definition) is 3. The number of rotatable bonds is 1. The fraction of sp³-hybridized carbons (Fsp3) is 0.0667. The van der Waals surface area contributed by atoms with E-state index in [9.17, 15) is 8.78 Å². The van der Waals surface area contributed by atoms with E-state index in [1.165, 1.54) is 18.2 Å². The molecule has 0 aliphatic carbocycles. The lowest BCUT2D eigenvalue weighted by Gasteiger charge is -2.07. The molecule has 0 unspecified atom stereocenters. The van der Waals surface area contributed by atoms with E-state index < -0.39 is 11.6 Å². The second kappa shape index (κ2) is 4.52. The van der Waals surface area contributed by atoms with Gasteiger partial charge >= 0.3 is 0 Å². The third kappa shape index (κ3) is 1.97. The third-order valence-electron chi connectivity index (χ3n) is 3.12. The van der Waals surface area contributed by atoms with Gasteiger partial charge in [-0.15, -0.1) is 0 Å². The van der Waals surface area contributed by atoms with Gasteiger partial charge in [0, 0.05) is 11.5 Å². The van der Waals surface area contributed by atoms with E-state index in [1.807, 2.05) is 0 Å². The van der Waals surface area contributed by atoms with Crippen LogP contribution in [0.3, 0.4) is 0 Å². The van der Waals surface area contributed by atoms with Crippen LogP contribution >= 0.6 is 0 Å². The third-order valence-corrected chi connectivity index (χ3v) is 3.12. The molecule has 3 rings (SSSR count). The lowest BCUT2D eigenvalue weighted by Crippen LogP contribution is -2.00. The molecule has 0 bridgehead atoms. The summed E-state index contributed by atoms with van der Waals surface area (Å²) in [6.07, 6.45) is 0. The number of nitrogen functional groups attached to an aromatic ring is 1. The Morgan fingerprint density at radius 2 is 1.85 bits per heavy atom. The van der Waals surface area contributed by atoms with Crippen LogP contribution in [-0.4, -0.2) is 9.97 Å². The predicted molar refractivity (Wildman–Crippen MR) is 74.0 cm³/mol. The van der Waals surface area contributed by atoms with Crippen molar-refractivity contribution in [2.45, 2.75) is 6.92 Å². The van der Waals surface area contributed by atoms with Crippen molar-refractivity contribution >= 4 is 16.7 Å². The normalized spacial score (nSPS) is 10.9. The molecule has 0 saturated heterocycles. The highest BCUT2D eigenvalue weighted by Gasteiger charge is 2.13. The number of aromatic nitrogens is 2. The lowest BCUT2D eigenvalue weighted by molar-refractivity contribution is 0.621. The summed E-state index contributed by atoms with van der Waals surface area (Å²) < 4.78 is 27.4. The number of halogens is 2. The van der Waals surface area contributed by atoms with Crippen molar-refractivity contribution in [3.63, 3.8) is 0 Å². The van der Waals surface area contributed by atoms with Gasteiger partial charge in [0.25, 0.3) is 0 Å². The quantitative estimate of drug-likeness (QED) is 0.737. The number of nitrogens with zero attached hydrogens (tertiary/aromatic N) is 2. The predicted octanol–water partition coefficient (Wildman–Crippen LogP) is 3.47. The summed E-state index contributed by atoms with van der Waals surface area (Å²) in [6, 6.07) is 8.99. The van der Waals surface area contributed by atoms with E-state index in [-0.39, 0.29) is 17.2 Å². The van der Waals surface area contributed by atoms with Crippen molar-refractivity contribution in [2.75, 3.05) is 5.73 Å². The fourth-order valence-electron chi connectivity index (χ4n) is 2.07. The molecule has 5 heteroatoms. The van der Waals surface area contributed by atoms with E-state index in [0.29, 0.717) is 16.5 Å². The standard InChI is InChI=1S/C15H11F2N3/c1-8-3-2-4-11(13(8)17)15-19-12-7-9(16)5-6-10(12)14(18)20-15/h2-7H,1H3,(H2,18,19,20). The molecule has 3 aromatic rings. The molecule has 100 valence electrons. The highest BCUT2D eigenvalue weighted by atomic mass is 19.1. The lowest BCUT2D eigenvalue weighted by atomic mass is 10.1. The summed E-state index contributed by atoms with van der Waals surface area (Å²) in [5.74, 6) is -0.471. The molecule has 20 heavy (non-hydrogen) atoms. The van der Waals surface area contributed by atoms with Gasteiger partial charge in [-0.2, -0.15) is 0 Å². The van der Waals surface area contributed by atoms with Crippen LogP contribution in [0.5, 0.6) is 0 Å². The minimum absolute atomic E-state index is 0.154. The van der Waals surface area contributed by atoms with Gasteiger partial charge in [-0.1, -0.05) is 12.1 Å². The maximum Gasteiger partial charge on any atom is 0.165 e. The summed E-state index contributed by atoms with van der Waals surface area (Å²) in [5.41, 5.74) is 6.93. The zero-order valence-corrected chi connectivity index (χ0v) is 10.7. The van der Waals surface area contributed by atoms with Crippen molar-refractivity contribution in [1.29, 1.82) is 0 Å². The second-order valence-corrected chi connectivity index (χ2v) is 4.53. The first-order valence-electron chi connectivity index (χ1n) is 6.04. The molecular formula is C15H11F2N3. The molecule has 0 radical (unpaired) electrons. The van der Waals surface area contributed by atoms with Gasteiger partial charge < -0.3 is 5.73 Å². The van der Waals surface area contributed by atoms with Crippen molar-refractivity contribution in [1.82, 2.24) is 9.97 Å². The average molecular weight is 271 g/mol. The van der Waals surface area contributed by atoms with Crippen molar-refractivity contribution in [2.24, 2.45) is 0 Å². The summed E-state index contributed by atoms with van der Waals surface area (Å²) in [5, 5.41) is 0.545. The number of hydrogen-bond donors (Lipinski definition) is 1. The molecule has 0 atom stereocenters. The van der Waals surface area contributed by atoms with Gasteiger partial charge in [0.15, 0.2) is 5.82 Å². The molecule has 1 heterocycles. The van der Waals surface area contributed by atoms with Crippen LogP contribution in [-0.2, 0) is 0 Å². The van der Waals surface area contributed by atoms with E-state index in [2.05, 4.69) is 9.97 Å². The summed E-state index contributed by atoms with van der Waals surface area (Å²) >= 11 is 0. The molecule has 0 aliphatic heterocycles. The first-order chi connectivity index (χ1) is 9.56. The molecule has 0 fully saturated rings. The fourth-order valence-corrected chi connectivity index (χ4v) is 2.07. The zero-order valence-electron chi connectivity index (χ0n) is 10.7. The molecule has 0 saturated carbocycles. The van der Waals surface area contributed by atoms with Crippen LogP contribution in [0.2, 0.25) is 0 Å². The van der Waals surface area contributed by atoms with Gasteiger partial charge in [-0.3, -0.25) is 0 Å². The van der Waals surface area contributed by atoms with Crippen molar-refractivity contribution in [3.05, 3.63) is 53.6 Å². The van der Waals surface area contributed by atoms with Gasteiger partial charge in [-0.05, 0) is 30.7 Å². The SMILES string of the molecule is Cc1cccc(-c2nc(N)c3ccc(F)cc3n2)c1F. The van der Waals surface area contributed by atoms with Crippen LogP contribution in [0.1, 0.15) is 5.56 Å². The first-order valence-corrected chi connectivity index (χ1v) is 6.04.